The van der Waals surface area contributed by atoms with Crippen molar-refractivity contribution in [3.63, 3.8) is 0 Å². The maximum Gasteiger partial charge on any atom is 0.254 e. The summed E-state index contributed by atoms with van der Waals surface area (Å²) in [4.78, 5) is 17.9. The Bertz CT molecular complexity index is 582. The number of carbonyl (C=O) groups is 1. The van der Waals surface area contributed by atoms with E-state index in [2.05, 4.69) is 4.98 Å². The zero-order valence-electron chi connectivity index (χ0n) is 11.0. The highest BCUT2D eigenvalue weighted by Crippen LogP contribution is 2.17. The average Bonchev–Trinajstić information content (AvgIpc) is 2.39. The number of carbonyl (C=O) groups excluding carboxylic acids is 1. The zero-order chi connectivity index (χ0) is 13.8. The molecule has 0 fully saturated rings. The van der Waals surface area contributed by atoms with E-state index in [1.54, 1.807) is 36.5 Å². The van der Waals surface area contributed by atoms with Crippen LogP contribution in [0.2, 0.25) is 0 Å². The van der Waals surface area contributed by atoms with Crippen LogP contribution < -0.4 is 0 Å². The number of phenols is 1. The maximum absolute atomic E-state index is 12.3. The highest BCUT2D eigenvalue weighted by atomic mass is 16.3. The van der Waals surface area contributed by atoms with Gasteiger partial charge in [0, 0.05) is 31.5 Å². The molecule has 98 valence electrons. The number of rotatable bonds is 3. The Kier molecular flexibility index (Phi) is 3.80. The SMILES string of the molecule is Cc1cc(O)ccc1C(=O)N(C)Cc1ccncc1. The van der Waals surface area contributed by atoms with E-state index >= 15 is 0 Å². The van der Waals surface area contributed by atoms with Crippen molar-refractivity contribution in [3.8, 4) is 5.75 Å². The Morgan fingerprint density at radius 2 is 1.95 bits per heavy atom. The summed E-state index contributed by atoms with van der Waals surface area (Å²) >= 11 is 0. The maximum atomic E-state index is 12.3. The van der Waals surface area contributed by atoms with Crippen molar-refractivity contribution in [2.24, 2.45) is 0 Å². The third-order valence-corrected chi connectivity index (χ3v) is 2.96. The molecule has 19 heavy (non-hydrogen) atoms. The van der Waals surface area contributed by atoms with E-state index in [1.165, 1.54) is 6.07 Å². The molecule has 2 rings (SSSR count). The van der Waals surface area contributed by atoms with Crippen molar-refractivity contribution < 1.29 is 9.90 Å². The van der Waals surface area contributed by atoms with Crippen LogP contribution in [-0.4, -0.2) is 27.9 Å². The number of phenolic OH excluding ortho intramolecular Hbond substituents is 1. The van der Waals surface area contributed by atoms with Gasteiger partial charge in [-0.2, -0.15) is 0 Å². The minimum Gasteiger partial charge on any atom is -0.508 e. The lowest BCUT2D eigenvalue weighted by Gasteiger charge is -2.18. The topological polar surface area (TPSA) is 53.4 Å². The van der Waals surface area contributed by atoms with E-state index in [-0.39, 0.29) is 11.7 Å². The van der Waals surface area contributed by atoms with Gasteiger partial charge in [-0.25, -0.2) is 0 Å². The van der Waals surface area contributed by atoms with Crippen molar-refractivity contribution in [1.29, 1.82) is 0 Å². The number of aryl methyl sites for hydroxylation is 1. The van der Waals surface area contributed by atoms with Crippen molar-refractivity contribution in [3.05, 3.63) is 59.4 Å². The van der Waals surface area contributed by atoms with E-state index in [4.69, 9.17) is 0 Å². The van der Waals surface area contributed by atoms with Gasteiger partial charge in [0.2, 0.25) is 0 Å². The molecule has 1 N–H and O–H groups in total. The second-order valence-electron chi connectivity index (χ2n) is 4.52. The molecule has 2 aromatic rings. The summed E-state index contributed by atoms with van der Waals surface area (Å²) in [6.07, 6.45) is 3.42. The van der Waals surface area contributed by atoms with E-state index in [0.29, 0.717) is 12.1 Å². The van der Waals surface area contributed by atoms with Crippen LogP contribution in [0, 0.1) is 6.92 Å². The fraction of sp³-hybridized carbons (Fsp3) is 0.200. The molecule has 0 aliphatic rings. The Balaban J connectivity index is 2.15. The molecule has 1 amide bonds. The molecule has 0 aliphatic carbocycles. The molecule has 0 atom stereocenters. The first-order valence-corrected chi connectivity index (χ1v) is 6.02. The molecule has 0 aliphatic heterocycles. The Morgan fingerprint density at radius 3 is 2.58 bits per heavy atom. The summed E-state index contributed by atoms with van der Waals surface area (Å²) < 4.78 is 0. The van der Waals surface area contributed by atoms with Crippen molar-refractivity contribution in [2.45, 2.75) is 13.5 Å². The van der Waals surface area contributed by atoms with Gasteiger partial charge in [-0.15, -0.1) is 0 Å². The Morgan fingerprint density at radius 1 is 1.26 bits per heavy atom. The number of aromatic nitrogens is 1. The number of aromatic hydroxyl groups is 1. The van der Waals surface area contributed by atoms with Crippen molar-refractivity contribution in [1.82, 2.24) is 9.88 Å². The predicted molar refractivity (Wildman–Crippen MR) is 72.9 cm³/mol. The third kappa shape index (κ3) is 3.10. The second-order valence-corrected chi connectivity index (χ2v) is 4.52. The van der Waals surface area contributed by atoms with Gasteiger partial charge in [0.25, 0.3) is 5.91 Å². The molecule has 0 saturated carbocycles. The van der Waals surface area contributed by atoms with Crippen LogP contribution in [0.5, 0.6) is 5.75 Å². The van der Waals surface area contributed by atoms with E-state index in [0.717, 1.165) is 11.1 Å². The van der Waals surface area contributed by atoms with Crippen LogP contribution >= 0.6 is 0 Å². The number of hydrogen-bond donors (Lipinski definition) is 1. The number of pyridine rings is 1. The van der Waals surface area contributed by atoms with Gasteiger partial charge in [0.1, 0.15) is 5.75 Å². The highest BCUT2D eigenvalue weighted by molar-refractivity contribution is 5.95. The number of amides is 1. The van der Waals surface area contributed by atoms with Crippen LogP contribution in [-0.2, 0) is 6.54 Å². The summed E-state index contributed by atoms with van der Waals surface area (Å²) in [5, 5.41) is 9.36. The Hall–Kier alpha value is -2.36. The monoisotopic (exact) mass is 256 g/mol. The zero-order valence-corrected chi connectivity index (χ0v) is 11.0. The normalized spacial score (nSPS) is 10.2. The van der Waals surface area contributed by atoms with Crippen LogP contribution in [0.15, 0.2) is 42.7 Å². The molecular weight excluding hydrogens is 240 g/mol. The first kappa shape index (κ1) is 13.1. The fourth-order valence-electron chi connectivity index (χ4n) is 1.93. The first-order valence-electron chi connectivity index (χ1n) is 6.02. The first-order chi connectivity index (χ1) is 9.08. The lowest BCUT2D eigenvalue weighted by atomic mass is 10.1. The number of benzene rings is 1. The molecule has 0 unspecified atom stereocenters. The summed E-state index contributed by atoms with van der Waals surface area (Å²) in [5.74, 6) is 0.111. The standard InChI is InChI=1S/C15H16N2O2/c1-11-9-13(18)3-4-14(11)15(19)17(2)10-12-5-7-16-8-6-12/h3-9,18H,10H2,1-2H3. The van der Waals surface area contributed by atoms with Gasteiger partial charge in [0.05, 0.1) is 0 Å². The predicted octanol–water partition coefficient (Wildman–Crippen LogP) is 2.37. The van der Waals surface area contributed by atoms with Gasteiger partial charge in [-0.05, 0) is 48.4 Å². The largest absolute Gasteiger partial charge is 0.508 e. The summed E-state index contributed by atoms with van der Waals surface area (Å²) in [6, 6.07) is 8.53. The second kappa shape index (κ2) is 5.52. The number of hydrogen-bond acceptors (Lipinski definition) is 3. The van der Waals surface area contributed by atoms with Crippen molar-refractivity contribution in [2.75, 3.05) is 7.05 Å². The van der Waals surface area contributed by atoms with Crippen LogP contribution in [0.4, 0.5) is 0 Å². The Labute approximate surface area is 112 Å². The van der Waals surface area contributed by atoms with E-state index in [9.17, 15) is 9.90 Å². The van der Waals surface area contributed by atoms with Crippen LogP contribution in [0.1, 0.15) is 21.5 Å². The van der Waals surface area contributed by atoms with Crippen LogP contribution in [0.3, 0.4) is 0 Å². The molecule has 4 nitrogen and oxygen atoms in total. The summed E-state index contributed by atoms with van der Waals surface area (Å²) in [7, 11) is 1.76. The molecule has 0 saturated heterocycles. The van der Waals surface area contributed by atoms with Gasteiger partial charge in [-0.3, -0.25) is 9.78 Å². The molecule has 4 heteroatoms. The number of nitrogens with zero attached hydrogens (tertiary/aromatic N) is 2. The lowest BCUT2D eigenvalue weighted by Crippen LogP contribution is -2.26. The summed E-state index contributed by atoms with van der Waals surface area (Å²) in [6.45, 7) is 2.34. The molecular formula is C15H16N2O2. The van der Waals surface area contributed by atoms with Gasteiger partial charge in [0.15, 0.2) is 0 Å². The molecule has 1 aromatic heterocycles. The molecule has 0 spiro atoms. The third-order valence-electron chi connectivity index (χ3n) is 2.96. The van der Waals surface area contributed by atoms with Gasteiger partial charge >= 0.3 is 0 Å². The smallest absolute Gasteiger partial charge is 0.254 e. The summed E-state index contributed by atoms with van der Waals surface area (Å²) in [5.41, 5.74) is 2.41. The van der Waals surface area contributed by atoms with E-state index in [1.807, 2.05) is 19.1 Å². The fourth-order valence-corrected chi connectivity index (χ4v) is 1.93. The molecule has 0 radical (unpaired) electrons. The minimum absolute atomic E-state index is 0.0608. The van der Waals surface area contributed by atoms with E-state index < -0.39 is 0 Å². The average molecular weight is 256 g/mol. The molecule has 0 bridgehead atoms. The highest BCUT2D eigenvalue weighted by Gasteiger charge is 2.14. The lowest BCUT2D eigenvalue weighted by molar-refractivity contribution is 0.0784. The molecule has 1 heterocycles. The minimum atomic E-state index is -0.0608. The van der Waals surface area contributed by atoms with Gasteiger partial charge < -0.3 is 10.0 Å². The molecule has 1 aromatic carbocycles. The van der Waals surface area contributed by atoms with Crippen LogP contribution in [0.25, 0.3) is 0 Å². The van der Waals surface area contributed by atoms with Crippen molar-refractivity contribution >= 4 is 5.91 Å². The van der Waals surface area contributed by atoms with Gasteiger partial charge in [-0.1, -0.05) is 0 Å². The quantitative estimate of drug-likeness (QED) is 0.917.